The third-order valence-electron chi connectivity index (χ3n) is 5.04. The molecule has 0 radical (unpaired) electrons. The zero-order valence-corrected chi connectivity index (χ0v) is 15.4. The van der Waals surface area contributed by atoms with Crippen LogP contribution < -0.4 is 15.6 Å². The molecule has 8 heteroatoms. The fourth-order valence-corrected chi connectivity index (χ4v) is 3.61. The molecule has 0 aliphatic carbocycles. The van der Waals surface area contributed by atoms with Crippen molar-refractivity contribution >= 4 is 22.6 Å². The van der Waals surface area contributed by atoms with Crippen molar-refractivity contribution in [2.45, 2.75) is 0 Å². The number of fused-ring (bicyclic) bond motifs is 1. The number of rotatable bonds is 3. The molecular weight excluding hydrogens is 375 g/mol. The molecule has 1 fully saturated rings. The highest BCUT2D eigenvalue weighted by Gasteiger charge is 2.21. The summed E-state index contributed by atoms with van der Waals surface area (Å²) in [4.78, 5) is 26.2. The molecule has 0 atom stereocenters. The second-order valence-corrected chi connectivity index (χ2v) is 6.73. The molecular formula is C21H17FN4O3. The number of nitriles is 1. The molecule has 1 aliphatic rings. The van der Waals surface area contributed by atoms with E-state index in [-0.39, 0.29) is 5.39 Å². The van der Waals surface area contributed by atoms with Gasteiger partial charge in [0.1, 0.15) is 17.4 Å². The number of carboxylic acids is 1. The summed E-state index contributed by atoms with van der Waals surface area (Å²) in [5, 5.41) is 22.1. The minimum absolute atomic E-state index is 0.0472. The van der Waals surface area contributed by atoms with Crippen LogP contribution in [-0.4, -0.2) is 41.8 Å². The number of para-hydroxylation sites is 1. The lowest BCUT2D eigenvalue weighted by Crippen LogP contribution is -2.43. The number of carboxylic acid groups (broad SMARTS) is 1. The zero-order chi connectivity index (χ0) is 20.5. The van der Waals surface area contributed by atoms with Crippen molar-refractivity contribution in [3.05, 3.63) is 69.8 Å². The van der Waals surface area contributed by atoms with Crippen LogP contribution in [0.25, 0.3) is 16.6 Å². The Morgan fingerprint density at radius 1 is 1.17 bits per heavy atom. The van der Waals surface area contributed by atoms with Crippen molar-refractivity contribution < 1.29 is 14.3 Å². The van der Waals surface area contributed by atoms with Crippen molar-refractivity contribution in [2.24, 2.45) is 0 Å². The van der Waals surface area contributed by atoms with Crippen molar-refractivity contribution in [1.82, 2.24) is 9.88 Å². The molecule has 1 aromatic heterocycles. The molecule has 29 heavy (non-hydrogen) atoms. The van der Waals surface area contributed by atoms with Gasteiger partial charge in [-0.2, -0.15) is 5.26 Å². The highest BCUT2D eigenvalue weighted by molar-refractivity contribution is 5.94. The predicted molar refractivity (Wildman–Crippen MR) is 106 cm³/mol. The number of aromatic nitrogens is 1. The van der Waals surface area contributed by atoms with Crippen molar-refractivity contribution in [1.29, 1.82) is 5.26 Å². The van der Waals surface area contributed by atoms with Gasteiger partial charge in [0.05, 0.1) is 22.5 Å². The first-order valence-electron chi connectivity index (χ1n) is 9.08. The normalized spacial score (nSPS) is 14.0. The summed E-state index contributed by atoms with van der Waals surface area (Å²) >= 11 is 0. The highest BCUT2D eigenvalue weighted by atomic mass is 19.1. The topological polar surface area (TPSA) is 98.4 Å². The van der Waals surface area contributed by atoms with Gasteiger partial charge in [-0.3, -0.25) is 4.79 Å². The summed E-state index contributed by atoms with van der Waals surface area (Å²) in [6.45, 7) is 2.63. The van der Waals surface area contributed by atoms with Crippen LogP contribution >= 0.6 is 0 Å². The van der Waals surface area contributed by atoms with Gasteiger partial charge in [-0.1, -0.05) is 12.1 Å². The van der Waals surface area contributed by atoms with Crippen LogP contribution in [0.2, 0.25) is 0 Å². The number of nitrogens with zero attached hydrogens (tertiary/aromatic N) is 3. The molecule has 2 N–H and O–H groups in total. The number of hydrogen-bond donors (Lipinski definition) is 2. The number of anilines is 1. The third-order valence-corrected chi connectivity index (χ3v) is 5.04. The van der Waals surface area contributed by atoms with Gasteiger partial charge in [-0.05, 0) is 24.3 Å². The van der Waals surface area contributed by atoms with Gasteiger partial charge in [-0.15, -0.1) is 0 Å². The lowest BCUT2D eigenvalue weighted by Gasteiger charge is -2.30. The maximum Gasteiger partial charge on any atom is 0.341 e. The van der Waals surface area contributed by atoms with Gasteiger partial charge in [0, 0.05) is 37.8 Å². The van der Waals surface area contributed by atoms with E-state index in [4.69, 9.17) is 0 Å². The smallest absolute Gasteiger partial charge is 0.341 e. The van der Waals surface area contributed by atoms with Gasteiger partial charge in [0.15, 0.2) is 0 Å². The number of pyridine rings is 1. The molecule has 146 valence electrons. The van der Waals surface area contributed by atoms with Crippen LogP contribution in [0.1, 0.15) is 15.9 Å². The first-order chi connectivity index (χ1) is 14.0. The Hall–Kier alpha value is -3.70. The van der Waals surface area contributed by atoms with Gasteiger partial charge >= 0.3 is 5.97 Å². The molecule has 4 rings (SSSR count). The van der Waals surface area contributed by atoms with Crippen LogP contribution in [0.5, 0.6) is 0 Å². The maximum atomic E-state index is 14.9. The van der Waals surface area contributed by atoms with Gasteiger partial charge in [0.2, 0.25) is 5.43 Å². The average molecular weight is 392 g/mol. The first-order valence-corrected chi connectivity index (χ1v) is 9.08. The Morgan fingerprint density at radius 3 is 2.59 bits per heavy atom. The quantitative estimate of drug-likeness (QED) is 0.708. The molecule has 0 amide bonds. The van der Waals surface area contributed by atoms with Crippen molar-refractivity contribution in [2.75, 3.05) is 31.1 Å². The highest BCUT2D eigenvalue weighted by Crippen LogP contribution is 2.28. The Labute approximate surface area is 165 Å². The Morgan fingerprint density at radius 2 is 1.90 bits per heavy atom. The van der Waals surface area contributed by atoms with Crippen LogP contribution in [0.3, 0.4) is 0 Å². The van der Waals surface area contributed by atoms with Gasteiger partial charge < -0.3 is 19.9 Å². The molecule has 0 bridgehead atoms. The largest absolute Gasteiger partial charge is 0.477 e. The average Bonchev–Trinajstić information content (AvgIpc) is 2.74. The summed E-state index contributed by atoms with van der Waals surface area (Å²) in [6, 6.07) is 11.4. The molecule has 0 saturated carbocycles. The number of halogens is 1. The summed E-state index contributed by atoms with van der Waals surface area (Å²) in [5.41, 5.74) is 0.160. The first kappa shape index (κ1) is 18.7. The van der Waals surface area contributed by atoms with E-state index in [1.54, 1.807) is 30.3 Å². The maximum absolute atomic E-state index is 14.9. The summed E-state index contributed by atoms with van der Waals surface area (Å²) in [6.07, 6.45) is 1.20. The molecule has 2 aromatic carbocycles. The number of aromatic carboxylic acids is 1. The fourth-order valence-electron chi connectivity index (χ4n) is 3.61. The predicted octanol–water partition coefficient (Wildman–Crippen LogP) is 2.11. The minimum Gasteiger partial charge on any atom is -0.477 e. The minimum atomic E-state index is -1.41. The summed E-state index contributed by atoms with van der Waals surface area (Å²) in [7, 11) is 0. The Kier molecular flexibility index (Phi) is 4.74. The second-order valence-electron chi connectivity index (χ2n) is 6.73. The standard InChI is InChI=1S/C21H17FN4O3/c22-16-9-14-18(10-19(16)25-7-5-24-6-8-25)26(12-15(20(14)27)21(28)29)17-4-2-1-3-13(17)11-23/h1-4,9-10,12,24H,5-8H2,(H,28,29). The SMILES string of the molecule is N#Cc1ccccc1-n1cc(C(=O)O)c(=O)c2cc(F)c(N3CCNCC3)cc21. The van der Waals surface area contributed by atoms with E-state index in [0.29, 0.717) is 48.6 Å². The monoisotopic (exact) mass is 392 g/mol. The fraction of sp³-hybridized carbons (Fsp3) is 0.190. The Bertz CT molecular complexity index is 1220. The van der Waals surface area contributed by atoms with Gasteiger partial charge in [0.25, 0.3) is 0 Å². The molecule has 2 heterocycles. The van der Waals surface area contributed by atoms with E-state index in [2.05, 4.69) is 11.4 Å². The number of benzene rings is 2. The number of hydrogen-bond acceptors (Lipinski definition) is 5. The van der Waals surface area contributed by atoms with Crippen molar-refractivity contribution in [3.63, 3.8) is 0 Å². The molecule has 7 nitrogen and oxygen atoms in total. The van der Waals surface area contributed by atoms with E-state index in [1.807, 2.05) is 4.90 Å². The Balaban J connectivity index is 2.07. The van der Waals surface area contributed by atoms with Crippen LogP contribution in [-0.2, 0) is 0 Å². The van der Waals surface area contributed by atoms with Crippen LogP contribution in [0.15, 0.2) is 47.4 Å². The molecule has 0 spiro atoms. The van der Waals surface area contributed by atoms with E-state index >= 15 is 0 Å². The lowest BCUT2D eigenvalue weighted by atomic mass is 10.1. The van der Waals surface area contributed by atoms with E-state index < -0.39 is 22.8 Å². The number of nitrogens with one attached hydrogen (secondary N) is 1. The summed E-state index contributed by atoms with van der Waals surface area (Å²) < 4.78 is 16.4. The lowest BCUT2D eigenvalue weighted by molar-refractivity contribution is 0.0695. The van der Waals surface area contributed by atoms with Crippen LogP contribution in [0.4, 0.5) is 10.1 Å². The third kappa shape index (κ3) is 3.22. The number of carbonyl (C=O) groups is 1. The number of piperazine rings is 1. The molecule has 0 unspecified atom stereocenters. The van der Waals surface area contributed by atoms with E-state index in [0.717, 1.165) is 6.07 Å². The zero-order valence-electron chi connectivity index (χ0n) is 15.4. The second kappa shape index (κ2) is 7.37. The molecule has 1 saturated heterocycles. The molecule has 3 aromatic rings. The van der Waals surface area contributed by atoms with E-state index in [1.165, 1.54) is 10.8 Å². The van der Waals surface area contributed by atoms with Crippen LogP contribution in [0, 0.1) is 17.1 Å². The summed E-state index contributed by atoms with van der Waals surface area (Å²) in [5.74, 6) is -1.99. The van der Waals surface area contributed by atoms with E-state index in [9.17, 15) is 24.3 Å². The van der Waals surface area contributed by atoms with Gasteiger partial charge in [-0.25, -0.2) is 9.18 Å². The van der Waals surface area contributed by atoms with Crippen molar-refractivity contribution in [3.8, 4) is 11.8 Å². The molecule has 1 aliphatic heterocycles.